The highest BCUT2D eigenvalue weighted by Gasteiger charge is 2.20. The first kappa shape index (κ1) is 15.3. The van der Waals surface area contributed by atoms with E-state index in [1.165, 1.54) is 6.20 Å². The number of nitrogens with zero attached hydrogens (tertiary/aromatic N) is 1. The van der Waals surface area contributed by atoms with Crippen LogP contribution < -0.4 is 10.0 Å². The van der Waals surface area contributed by atoms with Crippen molar-refractivity contribution in [2.75, 3.05) is 24.2 Å². The number of hydrogen-bond acceptors (Lipinski definition) is 5. The van der Waals surface area contributed by atoms with Gasteiger partial charge in [-0.3, -0.25) is 4.72 Å². The summed E-state index contributed by atoms with van der Waals surface area (Å²) >= 11 is 0. The van der Waals surface area contributed by atoms with Gasteiger partial charge in [-0.25, -0.2) is 4.98 Å². The Morgan fingerprint density at radius 2 is 1.86 bits per heavy atom. The van der Waals surface area contributed by atoms with Crippen LogP contribution >= 0.6 is 0 Å². The molecule has 2 N–H and O–H groups in total. The molecule has 2 rings (SSSR count). The number of pyridine rings is 1. The third-order valence-electron chi connectivity index (χ3n) is 2.86. The van der Waals surface area contributed by atoms with Crippen molar-refractivity contribution in [1.82, 2.24) is 4.98 Å². The van der Waals surface area contributed by atoms with Crippen molar-refractivity contribution in [3.05, 3.63) is 48.2 Å². The molecular formula is C14H17N3O3S. The van der Waals surface area contributed by atoms with E-state index in [4.69, 9.17) is 4.74 Å². The number of nitrogens with one attached hydrogen (secondary N) is 2. The van der Waals surface area contributed by atoms with Crippen LogP contribution in [0, 0.1) is 0 Å². The highest BCUT2D eigenvalue weighted by Crippen LogP contribution is 2.23. The molecule has 1 aromatic heterocycles. The zero-order valence-corrected chi connectivity index (χ0v) is 12.6. The molecule has 0 fully saturated rings. The van der Waals surface area contributed by atoms with E-state index >= 15 is 0 Å². The van der Waals surface area contributed by atoms with Crippen LogP contribution in [0.15, 0.2) is 47.6 Å². The number of rotatable bonds is 6. The van der Waals surface area contributed by atoms with Crippen molar-refractivity contribution in [3.63, 3.8) is 0 Å². The van der Waals surface area contributed by atoms with Crippen LogP contribution in [0.2, 0.25) is 0 Å². The lowest BCUT2D eigenvalue weighted by Crippen LogP contribution is -2.17. The lowest BCUT2D eigenvalue weighted by atomic mass is 10.2. The average molecular weight is 307 g/mol. The van der Waals surface area contributed by atoms with Crippen molar-refractivity contribution < 1.29 is 13.2 Å². The van der Waals surface area contributed by atoms with E-state index in [1.807, 2.05) is 6.07 Å². The molecule has 0 aliphatic carbocycles. The summed E-state index contributed by atoms with van der Waals surface area (Å²) in [5.41, 5.74) is 1.67. The fraction of sp³-hybridized carbons (Fsp3) is 0.214. The van der Waals surface area contributed by atoms with Gasteiger partial charge in [0.25, 0.3) is 10.0 Å². The molecule has 7 heteroatoms. The minimum Gasteiger partial charge on any atom is -0.386 e. The van der Waals surface area contributed by atoms with E-state index in [0.717, 1.165) is 5.56 Å². The van der Waals surface area contributed by atoms with E-state index in [1.54, 1.807) is 44.5 Å². The largest absolute Gasteiger partial charge is 0.386 e. The first-order valence-corrected chi connectivity index (χ1v) is 7.79. The number of methoxy groups -OCH3 is 1. The maximum absolute atomic E-state index is 12.5. The number of sulfonamides is 1. The molecule has 0 amide bonds. The normalized spacial score (nSPS) is 11.1. The summed E-state index contributed by atoms with van der Waals surface area (Å²) in [6, 6.07) is 10.4. The van der Waals surface area contributed by atoms with Crippen LogP contribution in [-0.4, -0.2) is 27.6 Å². The molecule has 1 heterocycles. The fourth-order valence-corrected chi connectivity index (χ4v) is 3.13. The molecule has 21 heavy (non-hydrogen) atoms. The van der Waals surface area contributed by atoms with Crippen LogP contribution in [0.4, 0.5) is 11.4 Å². The maximum atomic E-state index is 12.5. The number of benzene rings is 1. The lowest BCUT2D eigenvalue weighted by molar-refractivity contribution is 0.185. The average Bonchev–Trinajstić information content (AvgIpc) is 2.49. The summed E-state index contributed by atoms with van der Waals surface area (Å²) < 4.78 is 32.6. The topological polar surface area (TPSA) is 80.3 Å². The van der Waals surface area contributed by atoms with Gasteiger partial charge in [0.05, 0.1) is 18.0 Å². The summed E-state index contributed by atoms with van der Waals surface area (Å²) in [7, 11) is -0.570. The van der Waals surface area contributed by atoms with Gasteiger partial charge in [0.1, 0.15) is 0 Å². The zero-order chi connectivity index (χ0) is 15.3. The summed E-state index contributed by atoms with van der Waals surface area (Å²) in [6.45, 7) is 0.319. The molecule has 1 aromatic carbocycles. The summed E-state index contributed by atoms with van der Waals surface area (Å²) in [4.78, 5) is 3.95. The summed E-state index contributed by atoms with van der Waals surface area (Å²) in [5, 5.41) is 2.78. The molecule has 112 valence electrons. The van der Waals surface area contributed by atoms with Crippen molar-refractivity contribution in [3.8, 4) is 0 Å². The molecule has 0 aliphatic heterocycles. The van der Waals surface area contributed by atoms with Crippen molar-refractivity contribution in [2.24, 2.45) is 0 Å². The van der Waals surface area contributed by atoms with E-state index in [0.29, 0.717) is 18.0 Å². The summed E-state index contributed by atoms with van der Waals surface area (Å²) in [5.74, 6) is 0. The van der Waals surface area contributed by atoms with Gasteiger partial charge in [-0.05, 0) is 18.2 Å². The smallest absolute Gasteiger partial charge is 0.281 e. The second kappa shape index (κ2) is 6.55. The molecule has 0 bridgehead atoms. The Kier molecular flexibility index (Phi) is 4.77. The third-order valence-corrected chi connectivity index (χ3v) is 4.18. The van der Waals surface area contributed by atoms with Gasteiger partial charge in [-0.1, -0.05) is 18.2 Å². The number of para-hydroxylation sites is 1. The predicted octanol–water partition coefficient (Wildman–Crippen LogP) is 2.07. The van der Waals surface area contributed by atoms with Crippen molar-refractivity contribution in [2.45, 2.75) is 11.6 Å². The van der Waals surface area contributed by atoms with E-state index in [2.05, 4.69) is 15.0 Å². The molecule has 2 aromatic rings. The number of ether oxygens (including phenoxy) is 1. The standard InChI is InChI=1S/C14H17N3O3S/c1-15-13-8-5-9-16-14(13)21(18,19)17-12-7-4-3-6-11(12)10-20-2/h3-9,15,17H,10H2,1-2H3. The first-order valence-electron chi connectivity index (χ1n) is 6.31. The van der Waals surface area contributed by atoms with Gasteiger partial charge in [-0.15, -0.1) is 0 Å². The Labute approximate surface area is 124 Å². The van der Waals surface area contributed by atoms with Gasteiger partial charge in [-0.2, -0.15) is 8.42 Å². The molecule has 0 saturated carbocycles. The van der Waals surface area contributed by atoms with Gasteiger partial charge in [0.2, 0.25) is 0 Å². The second-order valence-electron chi connectivity index (χ2n) is 4.30. The fourth-order valence-electron chi connectivity index (χ4n) is 1.89. The zero-order valence-electron chi connectivity index (χ0n) is 11.8. The Hall–Kier alpha value is -2.12. The molecule has 6 nitrogen and oxygen atoms in total. The third kappa shape index (κ3) is 3.50. The second-order valence-corrected chi connectivity index (χ2v) is 5.90. The lowest BCUT2D eigenvalue weighted by Gasteiger charge is -2.13. The highest BCUT2D eigenvalue weighted by atomic mass is 32.2. The van der Waals surface area contributed by atoms with Crippen molar-refractivity contribution >= 4 is 21.4 Å². The quantitative estimate of drug-likeness (QED) is 0.854. The highest BCUT2D eigenvalue weighted by molar-refractivity contribution is 7.92. The van der Waals surface area contributed by atoms with Gasteiger partial charge in [0.15, 0.2) is 5.03 Å². The monoisotopic (exact) mass is 307 g/mol. The number of hydrogen-bond donors (Lipinski definition) is 2. The van der Waals surface area contributed by atoms with Crippen LogP contribution in [0.1, 0.15) is 5.56 Å². The minimum absolute atomic E-state index is 0.0419. The minimum atomic E-state index is -3.78. The van der Waals surface area contributed by atoms with Crippen LogP contribution in [0.5, 0.6) is 0 Å². The van der Waals surface area contributed by atoms with Gasteiger partial charge < -0.3 is 10.1 Å². The van der Waals surface area contributed by atoms with Gasteiger partial charge >= 0.3 is 0 Å². The Balaban J connectivity index is 2.38. The SMILES string of the molecule is CNc1cccnc1S(=O)(=O)Nc1ccccc1COC. The van der Waals surface area contributed by atoms with E-state index in [-0.39, 0.29) is 5.03 Å². The summed E-state index contributed by atoms with van der Waals surface area (Å²) in [6.07, 6.45) is 1.44. The van der Waals surface area contributed by atoms with E-state index in [9.17, 15) is 8.42 Å². The molecule has 0 saturated heterocycles. The van der Waals surface area contributed by atoms with Crippen LogP contribution in [0.3, 0.4) is 0 Å². The number of anilines is 2. The molecule has 0 unspecified atom stereocenters. The van der Waals surface area contributed by atoms with Crippen LogP contribution in [0.25, 0.3) is 0 Å². The van der Waals surface area contributed by atoms with Crippen LogP contribution in [-0.2, 0) is 21.4 Å². The Morgan fingerprint density at radius 1 is 1.14 bits per heavy atom. The van der Waals surface area contributed by atoms with E-state index < -0.39 is 10.0 Å². The molecule has 0 radical (unpaired) electrons. The Morgan fingerprint density at radius 3 is 2.57 bits per heavy atom. The van der Waals surface area contributed by atoms with Crippen molar-refractivity contribution in [1.29, 1.82) is 0 Å². The Bertz CT molecular complexity index is 717. The molecule has 0 atom stereocenters. The predicted molar refractivity (Wildman–Crippen MR) is 81.7 cm³/mol. The first-order chi connectivity index (χ1) is 10.1. The molecule has 0 spiro atoms. The maximum Gasteiger partial charge on any atom is 0.281 e. The van der Waals surface area contributed by atoms with Gasteiger partial charge in [0, 0.05) is 25.9 Å². The molecular weight excluding hydrogens is 290 g/mol. The molecule has 0 aliphatic rings. The number of aromatic nitrogens is 1.